The molecule has 90 valence electrons. The first kappa shape index (κ1) is 12.5. The second kappa shape index (κ2) is 5.53. The Labute approximate surface area is 96.2 Å². The Morgan fingerprint density at radius 1 is 1.50 bits per heavy atom. The zero-order valence-electron chi connectivity index (χ0n) is 10.3. The van der Waals surface area contributed by atoms with E-state index in [-0.39, 0.29) is 11.9 Å². The van der Waals surface area contributed by atoms with Gasteiger partial charge >= 0.3 is 0 Å². The van der Waals surface area contributed by atoms with E-state index in [0.29, 0.717) is 12.5 Å². The first-order chi connectivity index (χ1) is 7.49. The molecule has 1 aromatic heterocycles. The van der Waals surface area contributed by atoms with E-state index in [4.69, 9.17) is 0 Å². The lowest BCUT2D eigenvalue weighted by atomic mass is 10.2. The summed E-state index contributed by atoms with van der Waals surface area (Å²) in [6.07, 6.45) is 3.54. The lowest BCUT2D eigenvalue weighted by molar-refractivity contribution is -0.121. The summed E-state index contributed by atoms with van der Waals surface area (Å²) in [5.74, 6) is 0.479. The SMILES string of the molecule is CC(C)CNC(=O)C(C)Nc1cnn(C)c1. The maximum atomic E-state index is 11.7. The molecular weight excluding hydrogens is 204 g/mol. The van der Waals surface area contributed by atoms with Crippen LogP contribution in [0.15, 0.2) is 12.4 Å². The fourth-order valence-electron chi connectivity index (χ4n) is 1.27. The Bertz CT molecular complexity index is 346. The number of amides is 1. The third kappa shape index (κ3) is 3.92. The molecular formula is C11H20N4O. The van der Waals surface area contributed by atoms with E-state index in [1.54, 1.807) is 10.9 Å². The average Bonchev–Trinajstić information content (AvgIpc) is 2.60. The van der Waals surface area contributed by atoms with Crippen LogP contribution < -0.4 is 10.6 Å². The van der Waals surface area contributed by atoms with E-state index in [2.05, 4.69) is 29.6 Å². The van der Waals surface area contributed by atoms with Crippen molar-refractivity contribution < 1.29 is 4.79 Å². The van der Waals surface area contributed by atoms with Gasteiger partial charge in [-0.25, -0.2) is 0 Å². The van der Waals surface area contributed by atoms with E-state index in [0.717, 1.165) is 5.69 Å². The molecule has 2 N–H and O–H groups in total. The van der Waals surface area contributed by atoms with Crippen LogP contribution in [-0.2, 0) is 11.8 Å². The van der Waals surface area contributed by atoms with Crippen molar-refractivity contribution in [2.45, 2.75) is 26.8 Å². The van der Waals surface area contributed by atoms with Crippen molar-refractivity contribution in [2.75, 3.05) is 11.9 Å². The minimum Gasteiger partial charge on any atom is -0.371 e. The number of carbonyl (C=O) groups is 1. The van der Waals surface area contributed by atoms with Gasteiger partial charge in [-0.15, -0.1) is 0 Å². The highest BCUT2D eigenvalue weighted by molar-refractivity contribution is 5.84. The summed E-state index contributed by atoms with van der Waals surface area (Å²) < 4.78 is 1.70. The van der Waals surface area contributed by atoms with E-state index in [1.807, 2.05) is 20.2 Å². The van der Waals surface area contributed by atoms with E-state index >= 15 is 0 Å². The van der Waals surface area contributed by atoms with E-state index in [9.17, 15) is 4.79 Å². The Kier molecular flexibility index (Phi) is 4.34. The smallest absolute Gasteiger partial charge is 0.242 e. The predicted octanol–water partition coefficient (Wildman–Crippen LogP) is 0.993. The fraction of sp³-hybridized carbons (Fsp3) is 0.636. The molecule has 0 bridgehead atoms. The van der Waals surface area contributed by atoms with Gasteiger partial charge in [-0.3, -0.25) is 9.48 Å². The summed E-state index contributed by atoms with van der Waals surface area (Å²) in [4.78, 5) is 11.7. The molecule has 16 heavy (non-hydrogen) atoms. The Morgan fingerprint density at radius 2 is 2.19 bits per heavy atom. The molecule has 5 nitrogen and oxygen atoms in total. The van der Waals surface area contributed by atoms with Crippen molar-refractivity contribution in [1.82, 2.24) is 15.1 Å². The number of nitrogens with zero attached hydrogens (tertiary/aromatic N) is 2. The highest BCUT2D eigenvalue weighted by atomic mass is 16.2. The summed E-state index contributed by atoms with van der Waals surface area (Å²) in [7, 11) is 1.84. The minimum atomic E-state index is -0.247. The number of hydrogen-bond acceptors (Lipinski definition) is 3. The zero-order chi connectivity index (χ0) is 12.1. The maximum Gasteiger partial charge on any atom is 0.242 e. The quantitative estimate of drug-likeness (QED) is 0.784. The molecule has 0 saturated carbocycles. The Morgan fingerprint density at radius 3 is 2.69 bits per heavy atom. The van der Waals surface area contributed by atoms with Gasteiger partial charge in [-0.1, -0.05) is 13.8 Å². The fourth-order valence-corrected chi connectivity index (χ4v) is 1.27. The van der Waals surface area contributed by atoms with Crippen LogP contribution in [0.25, 0.3) is 0 Å². The monoisotopic (exact) mass is 224 g/mol. The summed E-state index contributed by atoms with van der Waals surface area (Å²) in [5, 5.41) is 10.00. The first-order valence-electron chi connectivity index (χ1n) is 5.52. The second-order valence-electron chi connectivity index (χ2n) is 4.41. The van der Waals surface area contributed by atoms with Gasteiger partial charge in [0.1, 0.15) is 6.04 Å². The molecule has 1 heterocycles. The first-order valence-corrected chi connectivity index (χ1v) is 5.52. The van der Waals surface area contributed by atoms with Gasteiger partial charge in [0.25, 0.3) is 0 Å². The van der Waals surface area contributed by atoms with Gasteiger partial charge in [0.05, 0.1) is 11.9 Å². The average molecular weight is 224 g/mol. The van der Waals surface area contributed by atoms with Crippen molar-refractivity contribution in [1.29, 1.82) is 0 Å². The molecule has 0 radical (unpaired) electrons. The summed E-state index contributed by atoms with van der Waals surface area (Å²) in [5.41, 5.74) is 0.856. The summed E-state index contributed by atoms with van der Waals surface area (Å²) in [6, 6.07) is -0.247. The van der Waals surface area contributed by atoms with Crippen LogP contribution >= 0.6 is 0 Å². The molecule has 0 aliphatic carbocycles. The molecule has 0 aliphatic heterocycles. The molecule has 0 fully saturated rings. The van der Waals surface area contributed by atoms with Gasteiger partial charge in [0.2, 0.25) is 5.91 Å². The number of nitrogens with one attached hydrogen (secondary N) is 2. The second-order valence-corrected chi connectivity index (χ2v) is 4.41. The zero-order valence-corrected chi connectivity index (χ0v) is 10.3. The standard InChI is InChI=1S/C11H20N4O/c1-8(2)5-12-11(16)9(3)14-10-6-13-15(4)7-10/h6-9,14H,5H2,1-4H3,(H,12,16). The maximum absolute atomic E-state index is 11.7. The summed E-state index contributed by atoms with van der Waals surface area (Å²) >= 11 is 0. The molecule has 0 spiro atoms. The van der Waals surface area contributed by atoms with Crippen LogP contribution in [-0.4, -0.2) is 28.3 Å². The van der Waals surface area contributed by atoms with Gasteiger partial charge in [0.15, 0.2) is 0 Å². The molecule has 0 saturated heterocycles. The van der Waals surface area contributed by atoms with Crippen LogP contribution in [0.1, 0.15) is 20.8 Å². The molecule has 1 unspecified atom stereocenters. The van der Waals surface area contributed by atoms with Crippen molar-refractivity contribution in [3.63, 3.8) is 0 Å². The lowest BCUT2D eigenvalue weighted by Gasteiger charge is -2.14. The van der Waals surface area contributed by atoms with Crippen LogP contribution in [0.4, 0.5) is 5.69 Å². The van der Waals surface area contributed by atoms with Gasteiger partial charge in [-0.05, 0) is 12.8 Å². The molecule has 1 rings (SSSR count). The van der Waals surface area contributed by atoms with Crippen LogP contribution in [0, 0.1) is 5.92 Å². The lowest BCUT2D eigenvalue weighted by Crippen LogP contribution is -2.39. The number of hydrogen-bond donors (Lipinski definition) is 2. The third-order valence-corrected chi connectivity index (χ3v) is 2.17. The largest absolute Gasteiger partial charge is 0.371 e. The molecule has 0 aromatic carbocycles. The Hall–Kier alpha value is -1.52. The van der Waals surface area contributed by atoms with Crippen molar-refractivity contribution in [3.05, 3.63) is 12.4 Å². The van der Waals surface area contributed by atoms with Gasteiger partial charge < -0.3 is 10.6 Å². The van der Waals surface area contributed by atoms with Gasteiger partial charge in [-0.2, -0.15) is 5.10 Å². The third-order valence-electron chi connectivity index (χ3n) is 2.17. The normalized spacial score (nSPS) is 12.6. The number of aromatic nitrogens is 2. The minimum absolute atomic E-state index is 0.0116. The van der Waals surface area contributed by atoms with E-state index in [1.165, 1.54) is 0 Å². The number of anilines is 1. The molecule has 1 aromatic rings. The van der Waals surface area contributed by atoms with Crippen molar-refractivity contribution in [2.24, 2.45) is 13.0 Å². The van der Waals surface area contributed by atoms with E-state index < -0.39 is 0 Å². The van der Waals surface area contributed by atoms with Crippen LogP contribution in [0.5, 0.6) is 0 Å². The topological polar surface area (TPSA) is 59.0 Å². The highest BCUT2D eigenvalue weighted by Crippen LogP contribution is 2.05. The Balaban J connectivity index is 2.39. The van der Waals surface area contributed by atoms with Crippen LogP contribution in [0.3, 0.4) is 0 Å². The van der Waals surface area contributed by atoms with Crippen molar-refractivity contribution in [3.8, 4) is 0 Å². The molecule has 1 amide bonds. The van der Waals surface area contributed by atoms with Gasteiger partial charge in [0, 0.05) is 19.8 Å². The number of carbonyl (C=O) groups excluding carboxylic acids is 1. The molecule has 5 heteroatoms. The number of aryl methyl sites for hydroxylation is 1. The highest BCUT2D eigenvalue weighted by Gasteiger charge is 2.12. The van der Waals surface area contributed by atoms with Crippen LogP contribution in [0.2, 0.25) is 0 Å². The number of rotatable bonds is 5. The van der Waals surface area contributed by atoms with Crippen molar-refractivity contribution >= 4 is 11.6 Å². The summed E-state index contributed by atoms with van der Waals surface area (Å²) in [6.45, 7) is 6.68. The predicted molar refractivity (Wildman–Crippen MR) is 64.1 cm³/mol. The molecule has 1 atom stereocenters. The molecule has 0 aliphatic rings.